The van der Waals surface area contributed by atoms with Crippen LogP contribution in [0.3, 0.4) is 0 Å². The lowest BCUT2D eigenvalue weighted by molar-refractivity contribution is -0.870. The molecule has 0 bridgehead atoms. The van der Waals surface area contributed by atoms with Gasteiger partial charge in [-0.1, -0.05) is 202 Å². The number of likely N-dealkylation sites (N-methyl/N-ethyl adjacent to an activating group) is 1. The average molecular weight is 925 g/mol. The van der Waals surface area contributed by atoms with Gasteiger partial charge in [-0.15, -0.1) is 0 Å². The summed E-state index contributed by atoms with van der Waals surface area (Å²) in [5.41, 5.74) is 0. The number of esters is 2. The van der Waals surface area contributed by atoms with Crippen molar-refractivity contribution in [3.05, 3.63) is 85.1 Å². The maximum atomic E-state index is 12.8. The van der Waals surface area contributed by atoms with E-state index in [1.807, 2.05) is 21.1 Å². The number of rotatable bonds is 47. The standard InChI is InChI=1S/C57H97NO8/c1-6-8-10-12-14-16-18-19-20-21-22-23-24-25-26-27-28-29-30-31-32-33-34-35-36-37-38-40-42-44-46-48-55(60)66-53(52-65-57(56(61)62)63-50-49-58(3,4)5)51-64-54(59)47-45-43-41-39-17-15-13-11-9-7-2/h8,10,14,16,19-20,22-23,25-26,28-29,31-32,53,57H,6-7,9,11-13,15,17-18,21,24,27,30,33-52H2,1-5H3/p+1/b10-8-,16-14-,20-19-,23-22-,26-25-,29-28-,32-31-. The molecular formula is C57H98NO8+. The van der Waals surface area contributed by atoms with Crippen LogP contribution in [0.5, 0.6) is 0 Å². The van der Waals surface area contributed by atoms with Gasteiger partial charge in [0.1, 0.15) is 13.2 Å². The van der Waals surface area contributed by atoms with Crippen LogP contribution in [0.1, 0.15) is 200 Å². The Morgan fingerprint density at radius 3 is 1.29 bits per heavy atom. The number of carbonyl (C=O) groups excluding carboxylic acids is 2. The van der Waals surface area contributed by atoms with Crippen LogP contribution in [-0.4, -0.2) is 87.4 Å². The van der Waals surface area contributed by atoms with E-state index in [1.165, 1.54) is 77.0 Å². The van der Waals surface area contributed by atoms with Crippen molar-refractivity contribution in [3.8, 4) is 0 Å². The van der Waals surface area contributed by atoms with E-state index in [9.17, 15) is 19.5 Å². The van der Waals surface area contributed by atoms with E-state index >= 15 is 0 Å². The third-order valence-corrected chi connectivity index (χ3v) is 10.9. The number of aliphatic carboxylic acids is 1. The molecule has 0 radical (unpaired) electrons. The van der Waals surface area contributed by atoms with Crippen LogP contribution in [0.25, 0.3) is 0 Å². The van der Waals surface area contributed by atoms with Crippen molar-refractivity contribution in [2.75, 3.05) is 47.5 Å². The molecule has 0 spiro atoms. The van der Waals surface area contributed by atoms with E-state index in [1.54, 1.807) is 0 Å². The fraction of sp³-hybridized carbons (Fsp3) is 0.702. The number of carboxylic acid groups (broad SMARTS) is 1. The molecule has 0 aromatic carbocycles. The van der Waals surface area contributed by atoms with Gasteiger partial charge in [0.05, 0.1) is 34.4 Å². The van der Waals surface area contributed by atoms with Gasteiger partial charge < -0.3 is 28.5 Å². The molecule has 9 nitrogen and oxygen atoms in total. The van der Waals surface area contributed by atoms with E-state index in [4.69, 9.17) is 18.9 Å². The first kappa shape index (κ1) is 62.5. The normalized spacial score (nSPS) is 13.5. The van der Waals surface area contributed by atoms with E-state index < -0.39 is 24.3 Å². The monoisotopic (exact) mass is 925 g/mol. The zero-order valence-corrected chi connectivity index (χ0v) is 42.8. The Morgan fingerprint density at radius 2 is 0.864 bits per heavy atom. The number of unbranched alkanes of at least 4 members (excludes halogenated alkanes) is 18. The van der Waals surface area contributed by atoms with Crippen molar-refractivity contribution in [1.29, 1.82) is 0 Å². The van der Waals surface area contributed by atoms with Crippen molar-refractivity contribution < 1.29 is 42.9 Å². The lowest BCUT2D eigenvalue weighted by Crippen LogP contribution is -2.40. The molecule has 378 valence electrons. The number of quaternary nitrogens is 1. The van der Waals surface area contributed by atoms with Gasteiger partial charge in [-0.25, -0.2) is 4.79 Å². The average Bonchev–Trinajstić information content (AvgIpc) is 3.28. The molecule has 2 atom stereocenters. The number of allylic oxidation sites excluding steroid dienone is 14. The summed E-state index contributed by atoms with van der Waals surface area (Å²) < 4.78 is 22.7. The first-order valence-electron chi connectivity index (χ1n) is 26.3. The number of carboxylic acids is 1. The lowest BCUT2D eigenvalue weighted by Gasteiger charge is -2.25. The van der Waals surface area contributed by atoms with Gasteiger partial charge >= 0.3 is 17.9 Å². The van der Waals surface area contributed by atoms with E-state index in [-0.39, 0.29) is 32.2 Å². The molecule has 0 aliphatic heterocycles. The Hall–Kier alpha value is -3.53. The summed E-state index contributed by atoms with van der Waals surface area (Å²) in [6.07, 6.45) is 59.4. The second-order valence-electron chi connectivity index (χ2n) is 18.5. The Morgan fingerprint density at radius 1 is 0.470 bits per heavy atom. The second kappa shape index (κ2) is 47.9. The molecule has 1 N–H and O–H groups in total. The van der Waals surface area contributed by atoms with Crippen LogP contribution >= 0.6 is 0 Å². The van der Waals surface area contributed by atoms with Crippen molar-refractivity contribution in [3.63, 3.8) is 0 Å². The molecule has 0 rings (SSSR count). The first-order chi connectivity index (χ1) is 32.1. The largest absolute Gasteiger partial charge is 0.477 e. The highest BCUT2D eigenvalue weighted by molar-refractivity contribution is 5.71. The van der Waals surface area contributed by atoms with E-state index in [0.29, 0.717) is 23.9 Å². The summed E-state index contributed by atoms with van der Waals surface area (Å²) >= 11 is 0. The molecule has 66 heavy (non-hydrogen) atoms. The fourth-order valence-corrected chi connectivity index (χ4v) is 6.87. The number of hydrogen-bond donors (Lipinski definition) is 1. The van der Waals surface area contributed by atoms with Crippen molar-refractivity contribution >= 4 is 17.9 Å². The summed E-state index contributed by atoms with van der Waals surface area (Å²) in [6, 6.07) is 0. The van der Waals surface area contributed by atoms with Crippen LogP contribution in [0.2, 0.25) is 0 Å². The Balaban J connectivity index is 4.21. The molecule has 0 saturated carbocycles. The zero-order valence-electron chi connectivity index (χ0n) is 42.8. The van der Waals surface area contributed by atoms with Crippen LogP contribution < -0.4 is 0 Å². The summed E-state index contributed by atoms with van der Waals surface area (Å²) in [5, 5.41) is 9.65. The van der Waals surface area contributed by atoms with Crippen LogP contribution in [-0.2, 0) is 33.3 Å². The molecule has 9 heteroatoms. The van der Waals surface area contributed by atoms with Gasteiger partial charge in [0.2, 0.25) is 0 Å². The number of ether oxygens (including phenoxy) is 4. The SMILES string of the molecule is CC/C=C\C/C=C\C/C=C\C/C=C\C/C=C\C/C=C\C/C=C\CCCCCCCCCCCC(=O)OC(COC(=O)CCCCCCCCCCCC)COC(OCC[N+](C)(C)C)C(=O)O. The van der Waals surface area contributed by atoms with Crippen LogP contribution in [0.4, 0.5) is 0 Å². The van der Waals surface area contributed by atoms with Crippen LogP contribution in [0.15, 0.2) is 85.1 Å². The summed E-state index contributed by atoms with van der Waals surface area (Å²) in [6.45, 7) is 4.73. The summed E-state index contributed by atoms with van der Waals surface area (Å²) in [7, 11) is 5.95. The number of carbonyl (C=O) groups is 3. The van der Waals surface area contributed by atoms with Gasteiger partial charge in [-0.3, -0.25) is 9.59 Å². The maximum absolute atomic E-state index is 12.8. The van der Waals surface area contributed by atoms with Gasteiger partial charge in [-0.2, -0.15) is 0 Å². The highest BCUT2D eigenvalue weighted by Crippen LogP contribution is 2.14. The Labute approximate surface area is 404 Å². The Bertz CT molecular complexity index is 1350. The Kier molecular flexibility index (Phi) is 45.4. The number of hydrogen-bond acceptors (Lipinski definition) is 7. The molecule has 0 aromatic rings. The van der Waals surface area contributed by atoms with Gasteiger partial charge in [-0.05, 0) is 70.6 Å². The zero-order chi connectivity index (χ0) is 48.4. The minimum Gasteiger partial charge on any atom is -0.477 e. The van der Waals surface area contributed by atoms with Crippen molar-refractivity contribution in [1.82, 2.24) is 0 Å². The lowest BCUT2D eigenvalue weighted by atomic mass is 10.1. The highest BCUT2D eigenvalue weighted by Gasteiger charge is 2.25. The third kappa shape index (κ3) is 48.4. The third-order valence-electron chi connectivity index (χ3n) is 10.9. The van der Waals surface area contributed by atoms with E-state index in [2.05, 4.69) is 98.9 Å². The van der Waals surface area contributed by atoms with Crippen molar-refractivity contribution in [2.24, 2.45) is 0 Å². The summed E-state index contributed by atoms with van der Waals surface area (Å²) in [4.78, 5) is 37.2. The molecule has 0 aliphatic carbocycles. The van der Waals surface area contributed by atoms with E-state index in [0.717, 1.165) is 89.9 Å². The minimum absolute atomic E-state index is 0.184. The smallest absolute Gasteiger partial charge is 0.361 e. The number of nitrogens with zero attached hydrogens (tertiary/aromatic N) is 1. The molecule has 0 aromatic heterocycles. The maximum Gasteiger partial charge on any atom is 0.361 e. The molecule has 0 heterocycles. The highest BCUT2D eigenvalue weighted by atomic mass is 16.7. The molecule has 0 saturated heterocycles. The van der Waals surface area contributed by atoms with Crippen molar-refractivity contribution in [2.45, 2.75) is 212 Å². The van der Waals surface area contributed by atoms with Gasteiger partial charge in [0.25, 0.3) is 6.29 Å². The van der Waals surface area contributed by atoms with Gasteiger partial charge in [0.15, 0.2) is 6.10 Å². The molecule has 0 aliphatic rings. The molecule has 0 fully saturated rings. The minimum atomic E-state index is -1.51. The summed E-state index contributed by atoms with van der Waals surface area (Å²) in [5.74, 6) is -2.02. The fourth-order valence-electron chi connectivity index (χ4n) is 6.87. The first-order valence-corrected chi connectivity index (χ1v) is 26.3. The molecule has 2 unspecified atom stereocenters. The topological polar surface area (TPSA) is 108 Å². The quantitative estimate of drug-likeness (QED) is 0.0211. The van der Waals surface area contributed by atoms with Crippen LogP contribution in [0, 0.1) is 0 Å². The predicted molar refractivity (Wildman–Crippen MR) is 276 cm³/mol. The molecular weight excluding hydrogens is 827 g/mol. The predicted octanol–water partition coefficient (Wildman–Crippen LogP) is 14.8. The van der Waals surface area contributed by atoms with Gasteiger partial charge in [0, 0.05) is 12.8 Å². The second-order valence-corrected chi connectivity index (χ2v) is 18.5. The molecule has 0 amide bonds.